The van der Waals surface area contributed by atoms with Gasteiger partial charge in [-0.05, 0) is 54.1 Å². The van der Waals surface area contributed by atoms with E-state index in [1.807, 2.05) is 6.07 Å². The van der Waals surface area contributed by atoms with Crippen LogP contribution in [0.1, 0.15) is 5.56 Å². The van der Waals surface area contributed by atoms with E-state index in [-0.39, 0.29) is 22.0 Å². The molecule has 0 unspecified atom stereocenters. The van der Waals surface area contributed by atoms with Gasteiger partial charge in [0.25, 0.3) is 10.0 Å². The lowest BCUT2D eigenvalue weighted by Gasteiger charge is -2.14. The highest BCUT2D eigenvalue weighted by molar-refractivity contribution is 7.92. The maximum absolute atomic E-state index is 12.6. The molecule has 0 spiro atoms. The first-order valence-corrected chi connectivity index (χ1v) is 11.8. The lowest BCUT2D eigenvalue weighted by atomic mass is 10.1. The zero-order valence-corrected chi connectivity index (χ0v) is 18.6. The van der Waals surface area contributed by atoms with Crippen LogP contribution in [0.5, 0.6) is 11.5 Å². The van der Waals surface area contributed by atoms with E-state index in [1.54, 1.807) is 41.9 Å². The lowest BCUT2D eigenvalue weighted by Crippen LogP contribution is -2.13. The molecule has 2 aromatic carbocycles. The Kier molecular flexibility index (Phi) is 5.96. The predicted molar refractivity (Wildman–Crippen MR) is 123 cm³/mol. The molecule has 160 valence electrons. The molecule has 0 saturated heterocycles. The second-order valence-corrected chi connectivity index (χ2v) is 9.30. The van der Waals surface area contributed by atoms with E-state index < -0.39 is 10.0 Å². The number of thiazole rings is 1. The van der Waals surface area contributed by atoms with Crippen LogP contribution in [0.2, 0.25) is 5.02 Å². The maximum atomic E-state index is 12.6. The number of anilines is 2. The summed E-state index contributed by atoms with van der Waals surface area (Å²) < 4.78 is 33.6. The van der Waals surface area contributed by atoms with Crippen LogP contribution in [0.25, 0.3) is 11.1 Å². The molecular formula is C21H14ClN5O3S2. The Morgan fingerprint density at radius 2 is 1.91 bits per heavy atom. The first kappa shape index (κ1) is 21.6. The fourth-order valence-electron chi connectivity index (χ4n) is 2.86. The number of hydrogen-bond acceptors (Lipinski definition) is 8. The number of halogens is 1. The van der Waals surface area contributed by atoms with Crippen molar-refractivity contribution in [3.63, 3.8) is 0 Å². The van der Waals surface area contributed by atoms with Crippen LogP contribution in [-0.2, 0) is 10.0 Å². The topological polar surface area (TPSA) is 131 Å². The van der Waals surface area contributed by atoms with Crippen molar-refractivity contribution in [1.29, 1.82) is 5.26 Å². The van der Waals surface area contributed by atoms with Crippen LogP contribution in [0.15, 0.2) is 70.5 Å². The summed E-state index contributed by atoms with van der Waals surface area (Å²) in [5, 5.41) is 11.7. The van der Waals surface area contributed by atoms with Crippen molar-refractivity contribution in [3.8, 4) is 28.7 Å². The highest BCUT2D eigenvalue weighted by Gasteiger charge is 2.19. The Labute approximate surface area is 193 Å². The first-order valence-electron chi connectivity index (χ1n) is 9.00. The normalized spacial score (nSPS) is 11.0. The number of benzene rings is 2. The number of nitrogen functional groups attached to an aromatic ring is 1. The second-order valence-electron chi connectivity index (χ2n) is 6.46. The monoisotopic (exact) mass is 483 g/mol. The third kappa shape index (κ3) is 4.65. The SMILES string of the molecule is N#Cc1cc(S(=O)(=O)Nc2cscn2)ccc1Oc1ccc(Cl)cc1-c1ccnc(N)c1. The summed E-state index contributed by atoms with van der Waals surface area (Å²) in [6, 6.07) is 14.4. The molecule has 8 nitrogen and oxygen atoms in total. The first-order chi connectivity index (χ1) is 15.4. The summed E-state index contributed by atoms with van der Waals surface area (Å²) in [6.45, 7) is 0. The molecule has 0 aliphatic heterocycles. The summed E-state index contributed by atoms with van der Waals surface area (Å²) >= 11 is 7.42. The standard InChI is InChI=1S/C21H14ClN5O3S2/c22-15-1-3-19(17(9-15)13-5-6-25-20(24)8-13)30-18-4-2-16(7-14(18)10-23)32(28,29)27-21-11-31-12-26-21/h1-9,11-12,27H,(H2,24,25). The van der Waals surface area contributed by atoms with Gasteiger partial charge in [-0.3, -0.25) is 4.72 Å². The maximum Gasteiger partial charge on any atom is 0.263 e. The minimum atomic E-state index is -3.92. The minimum absolute atomic E-state index is 0.0429. The number of ether oxygens (including phenoxy) is 1. The lowest BCUT2D eigenvalue weighted by molar-refractivity contribution is 0.482. The van der Waals surface area contributed by atoms with E-state index in [1.165, 1.54) is 35.0 Å². The molecule has 0 aliphatic carbocycles. The summed E-state index contributed by atoms with van der Waals surface area (Å²) in [5.41, 5.74) is 8.70. The Bertz CT molecular complexity index is 1430. The Morgan fingerprint density at radius 1 is 1.09 bits per heavy atom. The van der Waals surface area contributed by atoms with Gasteiger partial charge in [0, 0.05) is 22.2 Å². The highest BCUT2D eigenvalue weighted by Crippen LogP contribution is 2.37. The molecule has 32 heavy (non-hydrogen) atoms. The van der Waals surface area contributed by atoms with E-state index in [0.717, 1.165) is 5.56 Å². The van der Waals surface area contributed by atoms with Crippen LogP contribution in [0.3, 0.4) is 0 Å². The molecule has 11 heteroatoms. The van der Waals surface area contributed by atoms with Gasteiger partial charge in [-0.25, -0.2) is 18.4 Å². The number of nitrogens with one attached hydrogen (secondary N) is 1. The van der Waals surface area contributed by atoms with Gasteiger partial charge in [0.05, 0.1) is 16.0 Å². The molecular weight excluding hydrogens is 470 g/mol. The van der Waals surface area contributed by atoms with Crippen LogP contribution >= 0.6 is 22.9 Å². The number of pyridine rings is 1. The fraction of sp³-hybridized carbons (Fsp3) is 0. The van der Waals surface area contributed by atoms with Gasteiger partial charge in [0.15, 0.2) is 5.82 Å². The molecule has 0 amide bonds. The minimum Gasteiger partial charge on any atom is -0.455 e. The molecule has 3 N–H and O–H groups in total. The van der Waals surface area contributed by atoms with Gasteiger partial charge in [-0.15, -0.1) is 11.3 Å². The van der Waals surface area contributed by atoms with Gasteiger partial charge in [0.2, 0.25) is 0 Å². The molecule has 2 aromatic heterocycles. The van der Waals surface area contributed by atoms with Crippen molar-refractivity contribution in [2.45, 2.75) is 4.90 Å². The van der Waals surface area contributed by atoms with E-state index >= 15 is 0 Å². The quantitative estimate of drug-likeness (QED) is 0.398. The summed E-state index contributed by atoms with van der Waals surface area (Å²) in [7, 11) is -3.92. The summed E-state index contributed by atoms with van der Waals surface area (Å²) in [6.07, 6.45) is 1.56. The number of nitrogens with zero attached hydrogens (tertiary/aromatic N) is 3. The Balaban J connectivity index is 1.70. The van der Waals surface area contributed by atoms with E-state index in [0.29, 0.717) is 22.2 Å². The molecule has 2 heterocycles. The van der Waals surface area contributed by atoms with Crippen molar-refractivity contribution in [2.24, 2.45) is 0 Å². The van der Waals surface area contributed by atoms with Gasteiger partial charge in [0.1, 0.15) is 23.4 Å². The van der Waals surface area contributed by atoms with Gasteiger partial charge >= 0.3 is 0 Å². The zero-order chi connectivity index (χ0) is 22.7. The Hall–Kier alpha value is -3.65. The number of aromatic nitrogens is 2. The summed E-state index contributed by atoms with van der Waals surface area (Å²) in [5.74, 6) is 1.13. The van der Waals surface area contributed by atoms with Crippen molar-refractivity contribution in [3.05, 3.63) is 76.2 Å². The van der Waals surface area contributed by atoms with Crippen molar-refractivity contribution in [2.75, 3.05) is 10.5 Å². The van der Waals surface area contributed by atoms with Crippen molar-refractivity contribution in [1.82, 2.24) is 9.97 Å². The fourth-order valence-corrected chi connectivity index (χ4v) is 4.62. The largest absolute Gasteiger partial charge is 0.455 e. The smallest absolute Gasteiger partial charge is 0.263 e. The second kappa shape index (κ2) is 8.84. The van der Waals surface area contributed by atoms with E-state index in [9.17, 15) is 13.7 Å². The van der Waals surface area contributed by atoms with Gasteiger partial charge in [-0.1, -0.05) is 11.6 Å². The zero-order valence-electron chi connectivity index (χ0n) is 16.2. The highest BCUT2D eigenvalue weighted by atomic mass is 35.5. The number of rotatable bonds is 6. The summed E-state index contributed by atoms with van der Waals surface area (Å²) in [4.78, 5) is 7.80. The number of hydrogen-bond donors (Lipinski definition) is 2. The van der Waals surface area contributed by atoms with Crippen LogP contribution in [0, 0.1) is 11.3 Å². The molecule has 0 atom stereocenters. The van der Waals surface area contributed by atoms with Crippen molar-refractivity contribution >= 4 is 44.6 Å². The van der Waals surface area contributed by atoms with Crippen LogP contribution < -0.4 is 15.2 Å². The van der Waals surface area contributed by atoms with Crippen molar-refractivity contribution < 1.29 is 13.2 Å². The number of nitriles is 1. The van der Waals surface area contributed by atoms with Gasteiger partial charge < -0.3 is 10.5 Å². The molecule has 4 aromatic rings. The third-order valence-electron chi connectivity index (χ3n) is 4.31. The predicted octanol–water partition coefficient (Wildman–Crippen LogP) is 4.91. The van der Waals surface area contributed by atoms with E-state index in [2.05, 4.69) is 14.7 Å². The molecule has 0 fully saturated rings. The molecule has 4 rings (SSSR count). The Morgan fingerprint density at radius 3 is 2.62 bits per heavy atom. The molecule has 0 saturated carbocycles. The third-order valence-corrected chi connectivity index (χ3v) is 6.48. The number of nitrogens with two attached hydrogens (primary N) is 1. The number of sulfonamides is 1. The molecule has 0 aliphatic rings. The van der Waals surface area contributed by atoms with Gasteiger partial charge in [-0.2, -0.15) is 5.26 Å². The van der Waals surface area contributed by atoms with Crippen LogP contribution in [0.4, 0.5) is 11.6 Å². The average molecular weight is 484 g/mol. The molecule has 0 radical (unpaired) electrons. The average Bonchev–Trinajstić information content (AvgIpc) is 3.27. The van der Waals surface area contributed by atoms with Crippen LogP contribution in [-0.4, -0.2) is 18.4 Å². The molecule has 0 bridgehead atoms. The van der Waals surface area contributed by atoms with E-state index in [4.69, 9.17) is 22.1 Å².